The SMILES string of the molecule is O=C1NCCN1CCOc1cc(F)cc(CNC2CC2)c1. The van der Waals surface area contributed by atoms with E-state index in [1.807, 2.05) is 6.07 Å². The molecular weight excluding hydrogens is 273 g/mol. The molecule has 1 aliphatic carbocycles. The zero-order chi connectivity index (χ0) is 14.7. The molecule has 3 rings (SSSR count). The molecule has 21 heavy (non-hydrogen) atoms. The van der Waals surface area contributed by atoms with Gasteiger partial charge in [-0.3, -0.25) is 0 Å². The minimum absolute atomic E-state index is 0.0628. The van der Waals surface area contributed by atoms with Gasteiger partial charge in [-0.1, -0.05) is 0 Å². The molecule has 0 unspecified atom stereocenters. The van der Waals surface area contributed by atoms with Gasteiger partial charge >= 0.3 is 6.03 Å². The Morgan fingerprint density at radius 1 is 1.38 bits per heavy atom. The summed E-state index contributed by atoms with van der Waals surface area (Å²) in [6, 6.07) is 5.28. The minimum atomic E-state index is -0.293. The van der Waals surface area contributed by atoms with E-state index in [0.29, 0.717) is 44.6 Å². The van der Waals surface area contributed by atoms with Gasteiger partial charge in [-0.05, 0) is 30.5 Å². The van der Waals surface area contributed by atoms with Crippen molar-refractivity contribution in [3.63, 3.8) is 0 Å². The first-order chi connectivity index (χ1) is 10.2. The first kappa shape index (κ1) is 14.1. The number of nitrogens with zero attached hydrogens (tertiary/aromatic N) is 1. The summed E-state index contributed by atoms with van der Waals surface area (Å²) in [5.74, 6) is 0.223. The molecule has 1 aliphatic heterocycles. The highest BCUT2D eigenvalue weighted by Gasteiger charge is 2.20. The van der Waals surface area contributed by atoms with Crippen molar-refractivity contribution in [2.24, 2.45) is 0 Å². The number of carbonyl (C=O) groups excluding carboxylic acids is 1. The number of nitrogens with one attached hydrogen (secondary N) is 2. The second-order valence-electron chi connectivity index (χ2n) is 5.52. The van der Waals surface area contributed by atoms with E-state index in [2.05, 4.69) is 10.6 Å². The molecule has 0 bridgehead atoms. The molecule has 0 radical (unpaired) electrons. The summed E-state index contributed by atoms with van der Waals surface area (Å²) < 4.78 is 19.1. The first-order valence-electron chi connectivity index (χ1n) is 7.39. The van der Waals surface area contributed by atoms with Gasteiger partial charge in [0, 0.05) is 31.7 Å². The van der Waals surface area contributed by atoms with Gasteiger partial charge in [-0.25, -0.2) is 9.18 Å². The highest BCUT2D eigenvalue weighted by Crippen LogP contribution is 2.21. The Labute approximate surface area is 123 Å². The van der Waals surface area contributed by atoms with Crippen molar-refractivity contribution in [1.29, 1.82) is 0 Å². The molecule has 2 amide bonds. The van der Waals surface area contributed by atoms with Crippen LogP contribution in [0.25, 0.3) is 0 Å². The third-order valence-corrected chi connectivity index (χ3v) is 3.68. The van der Waals surface area contributed by atoms with E-state index >= 15 is 0 Å². The van der Waals surface area contributed by atoms with Gasteiger partial charge in [0.25, 0.3) is 0 Å². The molecule has 6 heteroatoms. The number of halogens is 1. The van der Waals surface area contributed by atoms with Gasteiger partial charge in [0.15, 0.2) is 0 Å². The van der Waals surface area contributed by atoms with Crippen LogP contribution in [0.1, 0.15) is 18.4 Å². The first-order valence-corrected chi connectivity index (χ1v) is 7.39. The van der Waals surface area contributed by atoms with Crippen molar-refractivity contribution < 1.29 is 13.9 Å². The molecule has 0 spiro atoms. The largest absolute Gasteiger partial charge is 0.492 e. The summed E-state index contributed by atoms with van der Waals surface area (Å²) in [5.41, 5.74) is 0.885. The Morgan fingerprint density at radius 3 is 2.95 bits per heavy atom. The Morgan fingerprint density at radius 2 is 2.24 bits per heavy atom. The van der Waals surface area contributed by atoms with Crippen molar-refractivity contribution in [3.8, 4) is 5.75 Å². The average molecular weight is 293 g/mol. The maximum absolute atomic E-state index is 13.6. The topological polar surface area (TPSA) is 53.6 Å². The van der Waals surface area contributed by atoms with Crippen LogP contribution >= 0.6 is 0 Å². The van der Waals surface area contributed by atoms with Gasteiger partial charge in [-0.15, -0.1) is 0 Å². The number of benzene rings is 1. The molecule has 2 N–H and O–H groups in total. The van der Waals surface area contributed by atoms with E-state index in [-0.39, 0.29) is 11.8 Å². The summed E-state index contributed by atoms with van der Waals surface area (Å²) in [5, 5.41) is 6.08. The van der Waals surface area contributed by atoms with Crippen molar-refractivity contribution in [3.05, 3.63) is 29.6 Å². The second kappa shape index (κ2) is 6.30. The number of hydrogen-bond acceptors (Lipinski definition) is 3. The molecule has 1 saturated heterocycles. The van der Waals surface area contributed by atoms with Crippen molar-refractivity contribution in [1.82, 2.24) is 15.5 Å². The normalized spacial score (nSPS) is 18.0. The number of ether oxygens (including phenoxy) is 1. The lowest BCUT2D eigenvalue weighted by atomic mass is 10.2. The number of amides is 2. The quantitative estimate of drug-likeness (QED) is 0.800. The fraction of sp³-hybridized carbons (Fsp3) is 0.533. The standard InChI is InChI=1S/C15H20FN3O2/c16-12-7-11(10-18-13-1-2-13)8-14(9-12)21-6-5-19-4-3-17-15(19)20/h7-9,13,18H,1-6,10H2,(H,17,20). The Kier molecular flexibility index (Phi) is 4.24. The molecule has 5 nitrogen and oxygen atoms in total. The summed E-state index contributed by atoms with van der Waals surface area (Å²) in [4.78, 5) is 13.1. The Balaban J connectivity index is 1.50. The maximum Gasteiger partial charge on any atom is 0.317 e. The zero-order valence-corrected chi connectivity index (χ0v) is 11.9. The lowest BCUT2D eigenvalue weighted by molar-refractivity contribution is 0.202. The van der Waals surface area contributed by atoms with E-state index in [0.717, 1.165) is 5.56 Å². The van der Waals surface area contributed by atoms with Gasteiger partial charge in [0.2, 0.25) is 0 Å². The van der Waals surface area contributed by atoms with E-state index in [9.17, 15) is 9.18 Å². The van der Waals surface area contributed by atoms with Crippen LogP contribution in [0.3, 0.4) is 0 Å². The molecule has 0 atom stereocenters. The fourth-order valence-corrected chi connectivity index (χ4v) is 2.35. The van der Waals surface area contributed by atoms with Crippen molar-refractivity contribution in [2.75, 3.05) is 26.2 Å². The van der Waals surface area contributed by atoms with Gasteiger partial charge in [0.05, 0.1) is 6.54 Å². The van der Waals surface area contributed by atoms with Crippen LogP contribution in [-0.4, -0.2) is 43.2 Å². The molecule has 114 valence electrons. The fourth-order valence-electron chi connectivity index (χ4n) is 2.35. The lowest BCUT2D eigenvalue weighted by Crippen LogP contribution is -2.31. The summed E-state index contributed by atoms with van der Waals surface area (Å²) in [6.45, 7) is 2.91. The zero-order valence-electron chi connectivity index (χ0n) is 11.9. The van der Waals surface area contributed by atoms with Crippen LogP contribution in [0.5, 0.6) is 5.75 Å². The van der Waals surface area contributed by atoms with E-state index in [1.54, 1.807) is 4.90 Å². The van der Waals surface area contributed by atoms with E-state index < -0.39 is 0 Å². The minimum Gasteiger partial charge on any atom is -0.492 e. The molecule has 1 aromatic rings. The Bertz CT molecular complexity index is 520. The van der Waals surface area contributed by atoms with Crippen LogP contribution in [0, 0.1) is 5.82 Å². The number of rotatable bonds is 7. The van der Waals surface area contributed by atoms with Crippen LogP contribution < -0.4 is 15.4 Å². The van der Waals surface area contributed by atoms with Gasteiger partial charge in [-0.2, -0.15) is 0 Å². The third kappa shape index (κ3) is 4.07. The smallest absolute Gasteiger partial charge is 0.317 e. The predicted molar refractivity (Wildman–Crippen MR) is 76.7 cm³/mol. The summed E-state index contributed by atoms with van der Waals surface area (Å²) in [6.07, 6.45) is 2.41. The van der Waals surface area contributed by atoms with Crippen molar-refractivity contribution >= 4 is 6.03 Å². The highest BCUT2D eigenvalue weighted by molar-refractivity contribution is 5.76. The second-order valence-corrected chi connectivity index (χ2v) is 5.52. The summed E-state index contributed by atoms with van der Waals surface area (Å²) in [7, 11) is 0. The molecule has 1 saturated carbocycles. The lowest BCUT2D eigenvalue weighted by Gasteiger charge is -2.15. The van der Waals surface area contributed by atoms with Crippen LogP contribution in [0.15, 0.2) is 18.2 Å². The summed E-state index contributed by atoms with van der Waals surface area (Å²) >= 11 is 0. The molecular formula is C15H20FN3O2. The number of urea groups is 1. The van der Waals surface area contributed by atoms with E-state index in [1.165, 1.54) is 25.0 Å². The number of hydrogen-bond donors (Lipinski definition) is 2. The monoisotopic (exact) mass is 293 g/mol. The van der Waals surface area contributed by atoms with Crippen molar-refractivity contribution in [2.45, 2.75) is 25.4 Å². The van der Waals surface area contributed by atoms with E-state index in [4.69, 9.17) is 4.74 Å². The predicted octanol–water partition coefficient (Wildman–Crippen LogP) is 1.48. The number of carbonyl (C=O) groups is 1. The molecule has 1 aromatic carbocycles. The van der Waals surface area contributed by atoms with Gasteiger partial charge < -0.3 is 20.3 Å². The third-order valence-electron chi connectivity index (χ3n) is 3.68. The molecule has 2 aliphatic rings. The molecule has 2 fully saturated rings. The van der Waals surface area contributed by atoms with Crippen LogP contribution in [0.4, 0.5) is 9.18 Å². The van der Waals surface area contributed by atoms with Gasteiger partial charge in [0.1, 0.15) is 18.2 Å². The molecule has 1 heterocycles. The van der Waals surface area contributed by atoms with Crippen LogP contribution in [-0.2, 0) is 6.54 Å². The molecule has 0 aromatic heterocycles. The average Bonchev–Trinajstić information content (AvgIpc) is 3.19. The highest BCUT2D eigenvalue weighted by atomic mass is 19.1. The maximum atomic E-state index is 13.6. The van der Waals surface area contributed by atoms with Crippen LogP contribution in [0.2, 0.25) is 0 Å². The Hall–Kier alpha value is -1.82.